The number of para-hydroxylation sites is 2. The van der Waals surface area contributed by atoms with Crippen molar-refractivity contribution in [2.45, 2.75) is 62.7 Å². The molecule has 6 N–H and O–H groups in total. The van der Waals surface area contributed by atoms with E-state index in [4.69, 9.17) is 0 Å². The number of carboxylic acids is 2. The molecule has 0 saturated heterocycles. The Morgan fingerprint density at radius 2 is 0.851 bits per heavy atom. The van der Waals surface area contributed by atoms with Crippen molar-refractivity contribution >= 4 is 70.8 Å². The number of carbonyl (C=O) groups excluding carboxylic acids is 4. The first kappa shape index (κ1) is 56.4. The van der Waals surface area contributed by atoms with Crippen LogP contribution >= 0.6 is 14.6 Å². The molecule has 0 fully saturated rings. The molecule has 2 aromatic heterocycles. The molecule has 0 aliphatic carbocycles. The molecule has 0 spiro atoms. The Kier molecular flexibility index (Phi) is 19.4. The number of benzene rings is 6. The molecule has 14 nitrogen and oxygen atoms in total. The van der Waals surface area contributed by atoms with Crippen LogP contribution in [0.25, 0.3) is 21.8 Å². The SMILES string of the molecule is O=C([O-])[C@H](Cc1c[nH]c2ccccc12)NC(=O)[C@@H]1Cc2ccccc2P(=O)(CCc2ccccc2)N1.O=C([O-])[C@H](Cc1c[nH]c2ccccc12)NC(=O)[C@@H]1Cc2ccccc2P(=O)(CCc2ccccc2)N1.[Na+].[Na+]. The summed E-state index contributed by atoms with van der Waals surface area (Å²) < 4.78 is 28.3. The summed E-state index contributed by atoms with van der Waals surface area (Å²) in [6.45, 7) is 0. The molecule has 18 heteroatoms. The van der Waals surface area contributed by atoms with Crippen molar-refractivity contribution in [3.05, 3.63) is 203 Å². The minimum Gasteiger partial charge on any atom is -0.548 e. The van der Waals surface area contributed by atoms with Gasteiger partial charge >= 0.3 is 59.1 Å². The minimum absolute atomic E-state index is 0. The van der Waals surface area contributed by atoms with Gasteiger partial charge in [-0.15, -0.1) is 0 Å². The second-order valence-corrected chi connectivity index (χ2v) is 23.6. The molecule has 368 valence electrons. The molecule has 8 aromatic rings. The van der Waals surface area contributed by atoms with Gasteiger partial charge in [-0.3, -0.25) is 19.8 Å². The molecule has 6 aromatic carbocycles. The average molecular weight is 1050 g/mol. The van der Waals surface area contributed by atoms with Crippen LogP contribution in [0, 0.1) is 0 Å². The molecular formula is C56H54N6Na2O8P2. The van der Waals surface area contributed by atoms with E-state index in [0.29, 0.717) is 38.0 Å². The second kappa shape index (κ2) is 25.5. The Morgan fingerprint density at radius 3 is 1.24 bits per heavy atom. The van der Waals surface area contributed by atoms with E-state index in [-0.39, 0.29) is 72.0 Å². The third-order valence-corrected chi connectivity index (χ3v) is 19.1. The number of aliphatic carboxylic acids is 2. The third-order valence-electron chi connectivity index (χ3n) is 13.5. The molecule has 0 radical (unpaired) electrons. The molecule has 2 unspecified atom stereocenters. The number of nitrogens with one attached hydrogen (secondary N) is 6. The zero-order chi connectivity index (χ0) is 50.2. The van der Waals surface area contributed by atoms with Crippen molar-refractivity contribution < 1.29 is 97.6 Å². The van der Waals surface area contributed by atoms with E-state index in [2.05, 4.69) is 30.8 Å². The maximum atomic E-state index is 14.1. The van der Waals surface area contributed by atoms with Crippen LogP contribution < -0.4 is 101 Å². The number of carboxylic acid groups (broad SMARTS) is 2. The van der Waals surface area contributed by atoms with Crippen molar-refractivity contribution in [3.63, 3.8) is 0 Å². The molecule has 6 atom stereocenters. The fourth-order valence-electron chi connectivity index (χ4n) is 9.75. The summed E-state index contributed by atoms with van der Waals surface area (Å²) in [4.78, 5) is 56.7. The van der Waals surface area contributed by atoms with Crippen molar-refractivity contribution in [2.75, 3.05) is 12.3 Å². The van der Waals surface area contributed by atoms with Crippen LogP contribution in [0.5, 0.6) is 0 Å². The average Bonchev–Trinajstić information content (AvgIpc) is 4.01. The van der Waals surface area contributed by atoms with E-state index in [9.17, 15) is 38.5 Å². The Labute approximate surface area is 473 Å². The second-order valence-electron chi connectivity index (χ2n) is 18.3. The summed E-state index contributed by atoms with van der Waals surface area (Å²) in [5, 5.41) is 38.7. The van der Waals surface area contributed by atoms with Crippen molar-refractivity contribution in [3.8, 4) is 0 Å². The summed E-state index contributed by atoms with van der Waals surface area (Å²) in [5.74, 6) is -3.73. The summed E-state index contributed by atoms with van der Waals surface area (Å²) in [5.41, 5.74) is 7.14. The number of aryl methyl sites for hydroxylation is 2. The van der Waals surface area contributed by atoms with Crippen LogP contribution in [0.15, 0.2) is 170 Å². The minimum atomic E-state index is -3.11. The molecule has 2 aliphatic rings. The monoisotopic (exact) mass is 1050 g/mol. The maximum Gasteiger partial charge on any atom is 1.00 e. The maximum absolute atomic E-state index is 14.1. The van der Waals surface area contributed by atoms with E-state index in [1.807, 2.05) is 158 Å². The van der Waals surface area contributed by atoms with Gasteiger partial charge in [0.25, 0.3) is 0 Å². The molecule has 0 saturated carbocycles. The molecule has 2 aliphatic heterocycles. The normalized spacial score (nSPS) is 19.4. The van der Waals surface area contributed by atoms with E-state index in [1.54, 1.807) is 12.4 Å². The van der Waals surface area contributed by atoms with Crippen LogP contribution in [0.3, 0.4) is 0 Å². The largest absolute Gasteiger partial charge is 1.00 e. The summed E-state index contributed by atoms with van der Waals surface area (Å²) >= 11 is 0. The van der Waals surface area contributed by atoms with Gasteiger partial charge in [0.1, 0.15) is 0 Å². The van der Waals surface area contributed by atoms with Gasteiger partial charge < -0.3 is 49.5 Å². The first-order chi connectivity index (χ1) is 34.9. The van der Waals surface area contributed by atoms with Crippen molar-refractivity contribution in [1.82, 2.24) is 30.8 Å². The number of amides is 2. The van der Waals surface area contributed by atoms with Gasteiger partial charge in [-0.2, -0.15) is 0 Å². The first-order valence-corrected chi connectivity index (χ1v) is 27.8. The van der Waals surface area contributed by atoms with Crippen LogP contribution in [-0.2, 0) is 66.8 Å². The fraction of sp³-hybridized carbons (Fsp3) is 0.214. The Bertz CT molecular complexity index is 3130. The number of aromatic nitrogens is 2. The van der Waals surface area contributed by atoms with Gasteiger partial charge in [-0.05, 0) is 83.3 Å². The Morgan fingerprint density at radius 1 is 0.500 bits per heavy atom. The standard InChI is InChI=1S/2C28H28N3O4P.2Na/c2*32-27(30-25(28(33)34)17-21-18-29-23-12-6-5-11-22(21)23)24-16-20-10-4-7-13-26(20)36(35,31-24)15-14-19-8-2-1-3-9-19;;/h2*1-13,18,24-25,29H,14-17H2,(H,30,32)(H,31,35)(H,33,34);;/q;;2*+1/p-2/t2*24-,25-,36?;;/m00../s1. The number of hydrogen-bond acceptors (Lipinski definition) is 8. The molecule has 74 heavy (non-hydrogen) atoms. The van der Waals surface area contributed by atoms with Gasteiger partial charge in [0.05, 0.1) is 36.1 Å². The predicted molar refractivity (Wildman–Crippen MR) is 277 cm³/mol. The summed E-state index contributed by atoms with van der Waals surface area (Å²) in [7, 11) is -6.23. The van der Waals surface area contributed by atoms with Crippen LogP contribution in [0.1, 0.15) is 33.4 Å². The number of rotatable bonds is 16. The number of hydrogen-bond donors (Lipinski definition) is 6. The van der Waals surface area contributed by atoms with Gasteiger partial charge in [-0.25, -0.2) is 0 Å². The number of H-pyrrole nitrogens is 2. The molecule has 4 heterocycles. The molecule has 0 bridgehead atoms. The summed E-state index contributed by atoms with van der Waals surface area (Å²) in [6.07, 6.45) is 6.20. The number of fused-ring (bicyclic) bond motifs is 4. The number of carbonyl (C=O) groups is 4. The smallest absolute Gasteiger partial charge is 0.548 e. The van der Waals surface area contributed by atoms with Gasteiger partial charge in [-0.1, -0.05) is 133 Å². The Balaban J connectivity index is 0.000000211. The molecule has 2 amide bonds. The fourth-order valence-corrected chi connectivity index (χ4v) is 15.3. The van der Waals surface area contributed by atoms with E-state index < -0.39 is 62.5 Å². The van der Waals surface area contributed by atoms with Crippen LogP contribution in [-0.4, -0.2) is 70.2 Å². The van der Waals surface area contributed by atoms with Gasteiger partial charge in [0.15, 0.2) is 14.6 Å². The Hall–Kier alpha value is -5.34. The third kappa shape index (κ3) is 13.4. The predicted octanol–water partition coefficient (Wildman–Crippen LogP) is -1.38. The van der Waals surface area contributed by atoms with E-state index >= 15 is 0 Å². The first-order valence-electron chi connectivity index (χ1n) is 24.0. The van der Waals surface area contributed by atoms with E-state index in [1.165, 1.54) is 0 Å². The van der Waals surface area contributed by atoms with Crippen LogP contribution in [0.2, 0.25) is 0 Å². The zero-order valence-corrected chi connectivity index (χ0v) is 47.1. The van der Waals surface area contributed by atoms with E-state index in [0.717, 1.165) is 65.8 Å². The zero-order valence-electron chi connectivity index (χ0n) is 41.3. The topological polar surface area (TPSA) is 228 Å². The van der Waals surface area contributed by atoms with Crippen molar-refractivity contribution in [2.24, 2.45) is 0 Å². The van der Waals surface area contributed by atoms with Gasteiger partial charge in [0.2, 0.25) is 11.8 Å². The van der Waals surface area contributed by atoms with Crippen molar-refractivity contribution in [1.29, 1.82) is 0 Å². The van der Waals surface area contributed by atoms with Crippen LogP contribution in [0.4, 0.5) is 0 Å². The van der Waals surface area contributed by atoms with Gasteiger partial charge in [0, 0.05) is 70.0 Å². The quantitative estimate of drug-likeness (QED) is 0.0491. The number of aromatic amines is 2. The molecular weight excluding hydrogens is 993 g/mol. The molecule has 10 rings (SSSR count). The summed E-state index contributed by atoms with van der Waals surface area (Å²) in [6, 6.07) is 45.6.